The minimum atomic E-state index is 0.0907. The van der Waals surface area contributed by atoms with Gasteiger partial charge < -0.3 is 24.3 Å². The first kappa shape index (κ1) is 16.5. The van der Waals surface area contributed by atoms with Crippen LogP contribution in [0, 0.1) is 0 Å². The van der Waals surface area contributed by atoms with Crippen molar-refractivity contribution >= 4 is 0 Å². The Morgan fingerprint density at radius 3 is 2.54 bits per heavy atom. The molecule has 2 aromatic rings. The van der Waals surface area contributed by atoms with Crippen molar-refractivity contribution in [2.24, 2.45) is 0 Å². The van der Waals surface area contributed by atoms with E-state index in [1.807, 2.05) is 6.20 Å². The zero-order valence-electron chi connectivity index (χ0n) is 14.1. The minimum Gasteiger partial charge on any atom is -0.496 e. The van der Waals surface area contributed by atoms with Gasteiger partial charge in [0.15, 0.2) is 0 Å². The Kier molecular flexibility index (Phi) is 5.17. The maximum absolute atomic E-state index is 5.70. The summed E-state index contributed by atoms with van der Waals surface area (Å²) in [4.78, 5) is 0. The number of rotatable bonds is 6. The Morgan fingerprint density at radius 2 is 1.96 bits per heavy atom. The van der Waals surface area contributed by atoms with Crippen molar-refractivity contribution in [3.05, 3.63) is 18.3 Å². The lowest BCUT2D eigenvalue weighted by Crippen LogP contribution is -2.40. The number of ether oxygens (including phenoxy) is 4. The molecule has 130 valence electrons. The molecule has 0 bridgehead atoms. The van der Waals surface area contributed by atoms with E-state index < -0.39 is 0 Å². The van der Waals surface area contributed by atoms with Crippen LogP contribution in [0.5, 0.6) is 17.2 Å². The highest BCUT2D eigenvalue weighted by molar-refractivity contribution is 5.75. The Morgan fingerprint density at radius 1 is 1.21 bits per heavy atom. The van der Waals surface area contributed by atoms with E-state index in [0.717, 1.165) is 18.7 Å². The lowest BCUT2D eigenvalue weighted by Gasteiger charge is -2.23. The van der Waals surface area contributed by atoms with Crippen LogP contribution < -0.4 is 19.5 Å². The summed E-state index contributed by atoms with van der Waals surface area (Å²) in [6.45, 7) is 3.05. The number of methoxy groups -OCH3 is 3. The van der Waals surface area contributed by atoms with Crippen LogP contribution in [0.1, 0.15) is 0 Å². The molecule has 1 aliphatic heterocycles. The maximum Gasteiger partial charge on any atom is 0.135 e. The Bertz CT molecular complexity index is 657. The zero-order chi connectivity index (χ0) is 16.9. The molecule has 2 heterocycles. The van der Waals surface area contributed by atoms with Crippen LogP contribution in [-0.2, 0) is 11.3 Å². The first-order valence-corrected chi connectivity index (χ1v) is 7.78. The van der Waals surface area contributed by atoms with Crippen molar-refractivity contribution in [2.45, 2.75) is 12.6 Å². The number of benzene rings is 1. The highest BCUT2D eigenvalue weighted by atomic mass is 16.5. The Labute approximate surface area is 140 Å². The van der Waals surface area contributed by atoms with Crippen LogP contribution in [0.3, 0.4) is 0 Å². The van der Waals surface area contributed by atoms with Crippen molar-refractivity contribution < 1.29 is 18.9 Å². The number of nitrogens with one attached hydrogen (secondary N) is 1. The molecule has 0 amide bonds. The molecule has 1 saturated heterocycles. The van der Waals surface area contributed by atoms with E-state index in [2.05, 4.69) is 15.6 Å². The maximum atomic E-state index is 5.70. The van der Waals surface area contributed by atoms with Crippen molar-refractivity contribution in [3.63, 3.8) is 0 Å². The normalized spacial score (nSPS) is 17.5. The van der Waals surface area contributed by atoms with E-state index in [1.54, 1.807) is 38.1 Å². The molecular weight excluding hydrogens is 312 g/mol. The molecule has 8 heteroatoms. The van der Waals surface area contributed by atoms with Crippen LogP contribution in [0.4, 0.5) is 0 Å². The molecule has 0 spiro atoms. The van der Waals surface area contributed by atoms with E-state index in [4.69, 9.17) is 18.9 Å². The fraction of sp³-hybridized carbons (Fsp3) is 0.500. The number of morpholine rings is 1. The van der Waals surface area contributed by atoms with Gasteiger partial charge in [-0.05, 0) is 0 Å². The van der Waals surface area contributed by atoms with Crippen LogP contribution in [0.2, 0.25) is 0 Å². The monoisotopic (exact) mass is 334 g/mol. The zero-order valence-corrected chi connectivity index (χ0v) is 14.1. The largest absolute Gasteiger partial charge is 0.496 e. The second-order valence-corrected chi connectivity index (χ2v) is 5.43. The minimum absolute atomic E-state index is 0.0907. The van der Waals surface area contributed by atoms with Crippen LogP contribution in [-0.4, -0.2) is 62.1 Å². The van der Waals surface area contributed by atoms with Crippen molar-refractivity contribution in [1.82, 2.24) is 20.3 Å². The third-order valence-corrected chi connectivity index (χ3v) is 3.90. The summed E-state index contributed by atoms with van der Waals surface area (Å²) >= 11 is 0. The van der Waals surface area contributed by atoms with Gasteiger partial charge in [-0.1, -0.05) is 5.21 Å². The summed E-state index contributed by atoms with van der Waals surface area (Å²) < 4.78 is 23.7. The van der Waals surface area contributed by atoms with Gasteiger partial charge in [0.25, 0.3) is 0 Å². The van der Waals surface area contributed by atoms with Gasteiger partial charge >= 0.3 is 0 Å². The molecule has 0 saturated carbocycles. The molecule has 24 heavy (non-hydrogen) atoms. The molecule has 0 unspecified atom stereocenters. The molecule has 0 aliphatic carbocycles. The van der Waals surface area contributed by atoms with Gasteiger partial charge in [0, 0.05) is 25.2 Å². The Hall–Kier alpha value is -2.32. The standard InChI is InChI=1S/C16H22N4O4/c1-21-11-6-14(22-2)16(15(7-11)23-3)13-10-20(19-18-13)9-12-8-17-4-5-24-12/h6-7,10,12,17H,4-5,8-9H2,1-3H3/t12-/m0/s1. The molecule has 1 atom stereocenters. The number of hydrogen-bond donors (Lipinski definition) is 1. The van der Waals surface area contributed by atoms with Gasteiger partial charge in [0.2, 0.25) is 0 Å². The third-order valence-electron chi connectivity index (χ3n) is 3.90. The summed E-state index contributed by atoms with van der Waals surface area (Å²) in [7, 11) is 4.80. The van der Waals surface area contributed by atoms with Crippen LogP contribution in [0.15, 0.2) is 18.3 Å². The molecule has 1 N–H and O–H groups in total. The summed E-state index contributed by atoms with van der Waals surface area (Å²) in [5, 5.41) is 11.8. The van der Waals surface area contributed by atoms with Gasteiger partial charge in [-0.15, -0.1) is 5.10 Å². The van der Waals surface area contributed by atoms with Crippen molar-refractivity contribution in [3.8, 4) is 28.5 Å². The molecule has 0 radical (unpaired) electrons. The highest BCUT2D eigenvalue weighted by Crippen LogP contribution is 2.40. The highest BCUT2D eigenvalue weighted by Gasteiger charge is 2.20. The smallest absolute Gasteiger partial charge is 0.135 e. The van der Waals surface area contributed by atoms with Gasteiger partial charge in [-0.25, -0.2) is 4.68 Å². The van der Waals surface area contributed by atoms with E-state index >= 15 is 0 Å². The number of hydrogen-bond acceptors (Lipinski definition) is 7. The summed E-state index contributed by atoms with van der Waals surface area (Å²) in [5.74, 6) is 1.89. The average Bonchev–Trinajstić information content (AvgIpc) is 3.09. The summed E-state index contributed by atoms with van der Waals surface area (Å²) in [6, 6.07) is 3.59. The summed E-state index contributed by atoms with van der Waals surface area (Å²) in [6.07, 6.45) is 1.96. The molecule has 8 nitrogen and oxygen atoms in total. The summed E-state index contributed by atoms with van der Waals surface area (Å²) in [5.41, 5.74) is 1.42. The quantitative estimate of drug-likeness (QED) is 0.843. The van der Waals surface area contributed by atoms with Gasteiger partial charge in [-0.3, -0.25) is 0 Å². The number of nitrogens with zero attached hydrogens (tertiary/aromatic N) is 3. The Balaban J connectivity index is 1.88. The predicted octanol–water partition coefficient (Wildman–Crippen LogP) is 0.959. The van der Waals surface area contributed by atoms with E-state index in [1.165, 1.54) is 0 Å². The third kappa shape index (κ3) is 3.44. The molecule has 1 fully saturated rings. The second-order valence-electron chi connectivity index (χ2n) is 5.43. The average molecular weight is 334 g/mol. The first-order valence-electron chi connectivity index (χ1n) is 7.78. The van der Waals surface area contributed by atoms with E-state index in [9.17, 15) is 0 Å². The fourth-order valence-corrected chi connectivity index (χ4v) is 2.71. The fourth-order valence-electron chi connectivity index (χ4n) is 2.71. The lowest BCUT2D eigenvalue weighted by atomic mass is 10.1. The van der Waals surface area contributed by atoms with Gasteiger partial charge in [-0.2, -0.15) is 0 Å². The lowest BCUT2D eigenvalue weighted by molar-refractivity contribution is 0.0158. The van der Waals surface area contributed by atoms with E-state index in [-0.39, 0.29) is 6.10 Å². The molecule has 1 aromatic heterocycles. The number of aromatic nitrogens is 3. The molecule has 1 aliphatic rings. The molecule has 1 aromatic carbocycles. The van der Waals surface area contributed by atoms with Gasteiger partial charge in [0.05, 0.1) is 52.3 Å². The topological polar surface area (TPSA) is 79.7 Å². The van der Waals surface area contributed by atoms with Crippen molar-refractivity contribution in [2.75, 3.05) is 41.0 Å². The second kappa shape index (κ2) is 7.50. The van der Waals surface area contributed by atoms with E-state index in [0.29, 0.717) is 36.1 Å². The van der Waals surface area contributed by atoms with Crippen molar-refractivity contribution in [1.29, 1.82) is 0 Å². The molecule has 3 rings (SSSR count). The first-order chi connectivity index (χ1) is 11.7. The van der Waals surface area contributed by atoms with Crippen LogP contribution >= 0.6 is 0 Å². The van der Waals surface area contributed by atoms with Gasteiger partial charge in [0.1, 0.15) is 22.9 Å². The molecular formula is C16H22N4O4. The SMILES string of the molecule is COc1cc(OC)c(-c2cn(C[C@@H]3CNCCO3)nn2)c(OC)c1. The van der Waals surface area contributed by atoms with Crippen LogP contribution in [0.25, 0.3) is 11.3 Å². The predicted molar refractivity (Wildman–Crippen MR) is 87.7 cm³/mol.